The summed E-state index contributed by atoms with van der Waals surface area (Å²) in [5.74, 6) is 0.560. The molecule has 4 nitrogen and oxygen atoms in total. The first-order valence-corrected chi connectivity index (χ1v) is 5.75. The van der Waals surface area contributed by atoms with Gasteiger partial charge in [0.15, 0.2) is 0 Å². The number of nitrogens with one attached hydrogen (secondary N) is 1. The Hall–Kier alpha value is -1.29. The van der Waals surface area contributed by atoms with Gasteiger partial charge < -0.3 is 16.0 Å². The summed E-state index contributed by atoms with van der Waals surface area (Å²) in [7, 11) is 2.15. The maximum atomic E-state index is 5.59. The molecule has 4 heteroatoms. The van der Waals surface area contributed by atoms with Gasteiger partial charge in [-0.1, -0.05) is 0 Å². The van der Waals surface area contributed by atoms with Gasteiger partial charge in [-0.15, -0.1) is 0 Å². The summed E-state index contributed by atoms with van der Waals surface area (Å²) in [6, 6.07) is 4.39. The van der Waals surface area contributed by atoms with Crippen LogP contribution in [0.1, 0.15) is 20.3 Å². The smallest absolute Gasteiger partial charge is 0.125 e. The molecular formula is C12H22N4. The van der Waals surface area contributed by atoms with E-state index < -0.39 is 0 Å². The molecule has 0 aliphatic carbocycles. The summed E-state index contributed by atoms with van der Waals surface area (Å²) in [6.45, 7) is 6.47. The Morgan fingerprint density at radius 3 is 2.88 bits per heavy atom. The summed E-state index contributed by atoms with van der Waals surface area (Å²) in [4.78, 5) is 6.28. The van der Waals surface area contributed by atoms with E-state index in [1.165, 1.54) is 0 Å². The van der Waals surface area contributed by atoms with Gasteiger partial charge in [-0.3, -0.25) is 0 Å². The average molecular weight is 222 g/mol. The standard InChI is InChI=1S/C12H22N4/c1-10(2)16(3)8-4-6-14-11-5-7-15-12(13)9-11/h5,7,9-10H,4,6,8H2,1-3H3,(H3,13,14,15). The van der Waals surface area contributed by atoms with Crippen LogP contribution >= 0.6 is 0 Å². The minimum atomic E-state index is 0.560. The van der Waals surface area contributed by atoms with Crippen LogP contribution in [0.4, 0.5) is 11.5 Å². The van der Waals surface area contributed by atoms with Crippen molar-refractivity contribution in [2.45, 2.75) is 26.3 Å². The maximum absolute atomic E-state index is 5.59. The number of aromatic nitrogens is 1. The number of hydrogen-bond acceptors (Lipinski definition) is 4. The second kappa shape index (κ2) is 6.33. The van der Waals surface area contributed by atoms with Gasteiger partial charge in [0.25, 0.3) is 0 Å². The van der Waals surface area contributed by atoms with Crippen LogP contribution < -0.4 is 11.1 Å². The molecule has 3 N–H and O–H groups in total. The quantitative estimate of drug-likeness (QED) is 0.721. The Kier molecular flexibility index (Phi) is 5.05. The van der Waals surface area contributed by atoms with E-state index in [1.807, 2.05) is 12.1 Å². The Morgan fingerprint density at radius 2 is 2.25 bits per heavy atom. The topological polar surface area (TPSA) is 54.2 Å². The molecule has 0 fully saturated rings. The van der Waals surface area contributed by atoms with Crippen molar-refractivity contribution < 1.29 is 0 Å². The Morgan fingerprint density at radius 1 is 1.50 bits per heavy atom. The molecule has 90 valence electrons. The highest BCUT2D eigenvalue weighted by Crippen LogP contribution is 2.08. The van der Waals surface area contributed by atoms with Gasteiger partial charge in [0, 0.05) is 30.5 Å². The highest BCUT2D eigenvalue weighted by atomic mass is 15.1. The molecule has 0 saturated carbocycles. The predicted octanol–water partition coefficient (Wildman–Crippen LogP) is 1.81. The molecule has 0 aliphatic heterocycles. The van der Waals surface area contributed by atoms with Crippen molar-refractivity contribution in [2.75, 3.05) is 31.2 Å². The van der Waals surface area contributed by atoms with Crippen LogP contribution in [0.25, 0.3) is 0 Å². The lowest BCUT2D eigenvalue weighted by Gasteiger charge is -2.20. The number of pyridine rings is 1. The highest BCUT2D eigenvalue weighted by molar-refractivity contribution is 5.49. The van der Waals surface area contributed by atoms with E-state index in [-0.39, 0.29) is 0 Å². The number of nitrogen functional groups attached to an aromatic ring is 1. The van der Waals surface area contributed by atoms with E-state index in [0.717, 1.165) is 25.2 Å². The third-order valence-corrected chi connectivity index (χ3v) is 2.68. The number of nitrogens with two attached hydrogens (primary N) is 1. The maximum Gasteiger partial charge on any atom is 0.125 e. The Labute approximate surface area is 97.9 Å². The summed E-state index contributed by atoms with van der Waals surface area (Å²) in [6.07, 6.45) is 2.84. The van der Waals surface area contributed by atoms with Crippen molar-refractivity contribution in [1.82, 2.24) is 9.88 Å². The van der Waals surface area contributed by atoms with E-state index in [4.69, 9.17) is 5.73 Å². The van der Waals surface area contributed by atoms with Crippen LogP contribution in [-0.2, 0) is 0 Å². The van der Waals surface area contributed by atoms with Crippen molar-refractivity contribution in [3.63, 3.8) is 0 Å². The molecule has 0 amide bonds. The Bertz CT molecular complexity index is 312. The van der Waals surface area contributed by atoms with Crippen molar-refractivity contribution in [1.29, 1.82) is 0 Å². The third kappa shape index (κ3) is 4.49. The van der Waals surface area contributed by atoms with Crippen LogP contribution in [0.3, 0.4) is 0 Å². The molecule has 0 spiro atoms. The molecule has 1 rings (SSSR count). The third-order valence-electron chi connectivity index (χ3n) is 2.68. The van der Waals surface area contributed by atoms with Gasteiger partial charge in [-0.25, -0.2) is 4.98 Å². The van der Waals surface area contributed by atoms with Crippen molar-refractivity contribution >= 4 is 11.5 Å². The molecule has 16 heavy (non-hydrogen) atoms. The molecule has 0 bridgehead atoms. The normalized spacial score (nSPS) is 11.1. The first-order chi connectivity index (χ1) is 7.59. The van der Waals surface area contributed by atoms with Gasteiger partial charge in [-0.2, -0.15) is 0 Å². The summed E-state index contributed by atoms with van der Waals surface area (Å²) >= 11 is 0. The average Bonchev–Trinajstić information content (AvgIpc) is 2.24. The number of rotatable bonds is 6. The zero-order chi connectivity index (χ0) is 12.0. The van der Waals surface area contributed by atoms with E-state index >= 15 is 0 Å². The molecule has 0 unspecified atom stereocenters. The Balaban J connectivity index is 2.21. The van der Waals surface area contributed by atoms with Gasteiger partial charge in [-0.05, 0) is 39.9 Å². The number of anilines is 2. The molecule has 1 heterocycles. The SMILES string of the molecule is CC(C)N(C)CCCNc1ccnc(N)c1. The van der Waals surface area contributed by atoms with E-state index in [9.17, 15) is 0 Å². The summed E-state index contributed by atoms with van der Waals surface area (Å²) in [5.41, 5.74) is 6.63. The van der Waals surface area contributed by atoms with Crippen LogP contribution in [-0.4, -0.2) is 36.1 Å². The van der Waals surface area contributed by atoms with Crippen LogP contribution in [0.5, 0.6) is 0 Å². The largest absolute Gasteiger partial charge is 0.385 e. The number of hydrogen-bond donors (Lipinski definition) is 2. The summed E-state index contributed by atoms with van der Waals surface area (Å²) in [5, 5.41) is 3.33. The molecule has 0 atom stereocenters. The van der Waals surface area contributed by atoms with Crippen molar-refractivity contribution in [3.05, 3.63) is 18.3 Å². The zero-order valence-corrected chi connectivity index (χ0v) is 10.4. The molecule has 0 aliphatic rings. The lowest BCUT2D eigenvalue weighted by atomic mass is 10.3. The minimum absolute atomic E-state index is 0.560. The fourth-order valence-electron chi connectivity index (χ4n) is 1.38. The van der Waals surface area contributed by atoms with E-state index in [0.29, 0.717) is 11.9 Å². The molecule has 1 aromatic rings. The molecular weight excluding hydrogens is 200 g/mol. The predicted molar refractivity (Wildman–Crippen MR) is 69.5 cm³/mol. The lowest BCUT2D eigenvalue weighted by Crippen LogP contribution is -2.28. The monoisotopic (exact) mass is 222 g/mol. The van der Waals surface area contributed by atoms with Gasteiger partial charge >= 0.3 is 0 Å². The number of nitrogens with zero attached hydrogens (tertiary/aromatic N) is 2. The van der Waals surface area contributed by atoms with Crippen LogP contribution in [0, 0.1) is 0 Å². The van der Waals surface area contributed by atoms with Gasteiger partial charge in [0.2, 0.25) is 0 Å². The second-order valence-corrected chi connectivity index (χ2v) is 4.32. The molecule has 0 radical (unpaired) electrons. The van der Waals surface area contributed by atoms with Crippen LogP contribution in [0.15, 0.2) is 18.3 Å². The zero-order valence-electron chi connectivity index (χ0n) is 10.4. The lowest BCUT2D eigenvalue weighted by molar-refractivity contribution is 0.273. The fourth-order valence-corrected chi connectivity index (χ4v) is 1.38. The van der Waals surface area contributed by atoms with E-state index in [2.05, 4.69) is 36.1 Å². The first-order valence-electron chi connectivity index (χ1n) is 5.75. The van der Waals surface area contributed by atoms with Crippen molar-refractivity contribution in [2.24, 2.45) is 0 Å². The summed E-state index contributed by atoms with van der Waals surface area (Å²) < 4.78 is 0. The van der Waals surface area contributed by atoms with Crippen LogP contribution in [0.2, 0.25) is 0 Å². The highest BCUT2D eigenvalue weighted by Gasteiger charge is 2.01. The van der Waals surface area contributed by atoms with Gasteiger partial charge in [0.05, 0.1) is 0 Å². The van der Waals surface area contributed by atoms with Crippen molar-refractivity contribution in [3.8, 4) is 0 Å². The minimum Gasteiger partial charge on any atom is -0.385 e. The molecule has 0 aromatic carbocycles. The molecule has 1 aromatic heterocycles. The second-order valence-electron chi connectivity index (χ2n) is 4.32. The fraction of sp³-hybridized carbons (Fsp3) is 0.583. The molecule has 0 saturated heterocycles. The first kappa shape index (κ1) is 12.8. The van der Waals surface area contributed by atoms with Gasteiger partial charge in [0.1, 0.15) is 5.82 Å². The van der Waals surface area contributed by atoms with E-state index in [1.54, 1.807) is 6.20 Å².